The Labute approximate surface area is 174 Å². The second kappa shape index (κ2) is 8.35. The van der Waals surface area contributed by atoms with Gasteiger partial charge in [-0.3, -0.25) is 9.69 Å². The Bertz CT molecular complexity index is 842. The van der Waals surface area contributed by atoms with Crippen LogP contribution in [-0.4, -0.2) is 35.1 Å². The van der Waals surface area contributed by atoms with Crippen molar-refractivity contribution >= 4 is 33.6 Å². The fraction of sp³-hybridized carbons (Fsp3) is 0.364. The van der Waals surface area contributed by atoms with Crippen molar-refractivity contribution in [2.24, 2.45) is 0 Å². The molecule has 6 heteroatoms. The fourth-order valence-corrected chi connectivity index (χ4v) is 3.46. The minimum absolute atomic E-state index is 0.181. The number of carbonyl (C=O) groups excluding carboxylic acids is 2. The normalized spacial score (nSPS) is 16.7. The maximum atomic E-state index is 12.7. The van der Waals surface area contributed by atoms with E-state index < -0.39 is 17.7 Å². The number of halogens is 1. The molecule has 1 saturated heterocycles. The molecule has 2 aromatic carbocycles. The van der Waals surface area contributed by atoms with Crippen molar-refractivity contribution in [3.8, 4) is 11.1 Å². The van der Waals surface area contributed by atoms with Crippen molar-refractivity contribution in [2.45, 2.75) is 45.3 Å². The first kappa shape index (κ1) is 20.4. The molecule has 1 heterocycles. The predicted molar refractivity (Wildman–Crippen MR) is 114 cm³/mol. The van der Waals surface area contributed by atoms with E-state index in [1.807, 2.05) is 69.3 Å². The molecule has 1 atom stereocenters. The second-order valence-corrected chi connectivity index (χ2v) is 8.82. The molecule has 0 radical (unpaired) electrons. The molecule has 0 saturated carbocycles. The number of nitrogens with zero attached hydrogens (tertiary/aromatic N) is 1. The van der Waals surface area contributed by atoms with E-state index in [2.05, 4.69) is 21.2 Å². The topological polar surface area (TPSA) is 58.6 Å². The monoisotopic (exact) mass is 444 g/mol. The largest absolute Gasteiger partial charge is 0.444 e. The van der Waals surface area contributed by atoms with Crippen molar-refractivity contribution < 1.29 is 14.3 Å². The number of hydrogen-bond acceptors (Lipinski definition) is 3. The van der Waals surface area contributed by atoms with Gasteiger partial charge >= 0.3 is 6.09 Å². The Morgan fingerprint density at radius 3 is 2.18 bits per heavy atom. The first-order valence-electron chi connectivity index (χ1n) is 9.39. The second-order valence-electron chi connectivity index (χ2n) is 7.91. The van der Waals surface area contributed by atoms with Gasteiger partial charge in [-0.25, -0.2) is 4.79 Å². The van der Waals surface area contributed by atoms with Gasteiger partial charge in [0.25, 0.3) is 0 Å². The molecule has 5 nitrogen and oxygen atoms in total. The van der Waals surface area contributed by atoms with E-state index in [0.29, 0.717) is 18.7 Å². The molecule has 3 rings (SSSR count). The Morgan fingerprint density at radius 2 is 1.61 bits per heavy atom. The zero-order valence-electron chi connectivity index (χ0n) is 16.4. The highest BCUT2D eigenvalue weighted by atomic mass is 79.9. The van der Waals surface area contributed by atoms with Gasteiger partial charge in [-0.1, -0.05) is 40.2 Å². The summed E-state index contributed by atoms with van der Waals surface area (Å²) in [7, 11) is 0. The average molecular weight is 445 g/mol. The van der Waals surface area contributed by atoms with Gasteiger partial charge in [0.1, 0.15) is 11.6 Å². The van der Waals surface area contributed by atoms with Crippen LogP contribution < -0.4 is 5.32 Å². The SMILES string of the molecule is CC(C)(C)OC(=O)N1CCC[C@H]1C(=O)Nc1ccc(-c2ccc(Br)cc2)cc1. The lowest BCUT2D eigenvalue weighted by Gasteiger charge is -2.28. The van der Waals surface area contributed by atoms with Crippen LogP contribution in [0.15, 0.2) is 53.0 Å². The van der Waals surface area contributed by atoms with Gasteiger partial charge in [-0.15, -0.1) is 0 Å². The Hall–Kier alpha value is -2.34. The highest BCUT2D eigenvalue weighted by Crippen LogP contribution is 2.25. The van der Waals surface area contributed by atoms with Crippen LogP contribution in [0.4, 0.5) is 10.5 Å². The number of likely N-dealkylation sites (tertiary alicyclic amines) is 1. The Kier molecular flexibility index (Phi) is 6.08. The van der Waals surface area contributed by atoms with Crippen LogP contribution in [0, 0.1) is 0 Å². The minimum atomic E-state index is -0.580. The third kappa shape index (κ3) is 5.13. The van der Waals surface area contributed by atoms with E-state index in [0.717, 1.165) is 22.0 Å². The summed E-state index contributed by atoms with van der Waals surface area (Å²) in [4.78, 5) is 26.6. The van der Waals surface area contributed by atoms with Crippen LogP contribution in [0.3, 0.4) is 0 Å². The molecule has 0 aromatic heterocycles. The van der Waals surface area contributed by atoms with Gasteiger partial charge in [0.2, 0.25) is 5.91 Å². The van der Waals surface area contributed by atoms with E-state index in [-0.39, 0.29) is 5.91 Å². The molecule has 0 bridgehead atoms. The molecule has 1 N–H and O–H groups in total. The summed E-state index contributed by atoms with van der Waals surface area (Å²) in [6, 6.07) is 15.3. The molecule has 2 amide bonds. The lowest BCUT2D eigenvalue weighted by atomic mass is 10.1. The smallest absolute Gasteiger partial charge is 0.410 e. The van der Waals surface area contributed by atoms with Crippen LogP contribution >= 0.6 is 15.9 Å². The maximum absolute atomic E-state index is 12.7. The molecule has 148 valence electrons. The standard InChI is InChI=1S/C22H25BrN2O3/c1-22(2,3)28-21(27)25-14-4-5-19(25)20(26)24-18-12-8-16(9-13-18)15-6-10-17(23)11-7-15/h6-13,19H,4-5,14H2,1-3H3,(H,24,26)/t19-/m0/s1. The first-order chi connectivity index (χ1) is 13.2. The van der Waals surface area contributed by atoms with E-state index in [4.69, 9.17) is 4.74 Å². The van der Waals surface area contributed by atoms with Gasteiger partial charge in [0.05, 0.1) is 0 Å². The zero-order valence-corrected chi connectivity index (χ0v) is 18.0. The summed E-state index contributed by atoms with van der Waals surface area (Å²) in [5, 5.41) is 2.92. The van der Waals surface area contributed by atoms with Gasteiger partial charge < -0.3 is 10.1 Å². The van der Waals surface area contributed by atoms with Crippen molar-refractivity contribution in [1.29, 1.82) is 0 Å². The number of amides is 2. The first-order valence-corrected chi connectivity index (χ1v) is 10.2. The minimum Gasteiger partial charge on any atom is -0.444 e. The molecular weight excluding hydrogens is 420 g/mol. The van der Waals surface area contributed by atoms with Crippen molar-refractivity contribution in [3.63, 3.8) is 0 Å². The third-order valence-corrected chi connectivity index (χ3v) is 5.04. The van der Waals surface area contributed by atoms with Gasteiger partial charge in [0, 0.05) is 16.7 Å². The summed E-state index contributed by atoms with van der Waals surface area (Å²) in [6.07, 6.45) is 0.998. The van der Waals surface area contributed by atoms with Gasteiger partial charge in [-0.2, -0.15) is 0 Å². The highest BCUT2D eigenvalue weighted by molar-refractivity contribution is 9.10. The molecule has 0 aliphatic carbocycles. The van der Waals surface area contributed by atoms with Crippen LogP contribution in [-0.2, 0) is 9.53 Å². The molecule has 0 unspecified atom stereocenters. The quantitative estimate of drug-likeness (QED) is 0.683. The predicted octanol–water partition coefficient (Wildman–Crippen LogP) is 5.45. The van der Waals surface area contributed by atoms with Crippen molar-refractivity contribution in [1.82, 2.24) is 4.90 Å². The number of hydrogen-bond donors (Lipinski definition) is 1. The van der Waals surface area contributed by atoms with E-state index in [1.165, 1.54) is 4.90 Å². The van der Waals surface area contributed by atoms with E-state index in [1.54, 1.807) is 0 Å². The van der Waals surface area contributed by atoms with Crippen LogP contribution in [0.1, 0.15) is 33.6 Å². The summed E-state index contributed by atoms with van der Waals surface area (Å²) < 4.78 is 6.46. The lowest BCUT2D eigenvalue weighted by Crippen LogP contribution is -2.45. The highest BCUT2D eigenvalue weighted by Gasteiger charge is 2.36. The Balaban J connectivity index is 1.65. The molecular formula is C22H25BrN2O3. The van der Waals surface area contributed by atoms with Gasteiger partial charge in [-0.05, 0) is 69.0 Å². The number of nitrogens with one attached hydrogen (secondary N) is 1. The Morgan fingerprint density at radius 1 is 1.04 bits per heavy atom. The van der Waals surface area contributed by atoms with E-state index >= 15 is 0 Å². The third-order valence-electron chi connectivity index (χ3n) is 4.51. The number of ether oxygens (including phenoxy) is 1. The van der Waals surface area contributed by atoms with Crippen molar-refractivity contribution in [3.05, 3.63) is 53.0 Å². The molecule has 0 spiro atoms. The van der Waals surface area contributed by atoms with Crippen LogP contribution in [0.5, 0.6) is 0 Å². The molecule has 2 aromatic rings. The summed E-state index contributed by atoms with van der Waals surface area (Å²) in [6.45, 7) is 6.00. The van der Waals surface area contributed by atoms with Crippen molar-refractivity contribution in [2.75, 3.05) is 11.9 Å². The summed E-state index contributed by atoms with van der Waals surface area (Å²) in [5.41, 5.74) is 2.31. The summed E-state index contributed by atoms with van der Waals surface area (Å²) in [5.74, 6) is -0.181. The number of carbonyl (C=O) groups is 2. The number of anilines is 1. The number of rotatable bonds is 3. The molecule has 1 aliphatic rings. The van der Waals surface area contributed by atoms with Gasteiger partial charge in [0.15, 0.2) is 0 Å². The van der Waals surface area contributed by atoms with E-state index in [9.17, 15) is 9.59 Å². The van der Waals surface area contributed by atoms with Crippen LogP contribution in [0.25, 0.3) is 11.1 Å². The zero-order chi connectivity index (χ0) is 20.3. The maximum Gasteiger partial charge on any atom is 0.410 e. The molecule has 28 heavy (non-hydrogen) atoms. The fourth-order valence-electron chi connectivity index (χ4n) is 3.19. The van der Waals surface area contributed by atoms with Crippen LogP contribution in [0.2, 0.25) is 0 Å². The molecule has 1 aliphatic heterocycles. The molecule has 1 fully saturated rings. The summed E-state index contributed by atoms with van der Waals surface area (Å²) >= 11 is 3.44. The average Bonchev–Trinajstić information content (AvgIpc) is 3.12. The lowest BCUT2D eigenvalue weighted by molar-refractivity contribution is -0.120. The number of benzene rings is 2.